The fourth-order valence-corrected chi connectivity index (χ4v) is 2.53. The van der Waals surface area contributed by atoms with Crippen LogP contribution in [-0.4, -0.2) is 25.4 Å². The van der Waals surface area contributed by atoms with E-state index in [2.05, 4.69) is 0 Å². The van der Waals surface area contributed by atoms with Crippen molar-refractivity contribution in [2.45, 2.75) is 6.10 Å². The number of aliphatic hydroxyl groups is 1. The number of hydrogen-bond donors (Lipinski definition) is 1. The van der Waals surface area contributed by atoms with Crippen molar-refractivity contribution in [3.8, 4) is 5.75 Å². The summed E-state index contributed by atoms with van der Waals surface area (Å²) in [5.41, 5.74) is 1.28. The van der Waals surface area contributed by atoms with Gasteiger partial charge in [0, 0.05) is 22.7 Å². The van der Waals surface area contributed by atoms with Crippen LogP contribution in [-0.2, 0) is 4.74 Å². The van der Waals surface area contributed by atoms with E-state index in [0.29, 0.717) is 40.1 Å². The Morgan fingerprint density at radius 1 is 1.05 bits per heavy atom. The zero-order valence-corrected chi connectivity index (χ0v) is 13.1. The Labute approximate surface area is 134 Å². The molecule has 0 aromatic heterocycles. The Hall–Kier alpha value is -1.26. The van der Waals surface area contributed by atoms with Gasteiger partial charge in [0.25, 0.3) is 0 Å². The molecule has 0 aliphatic carbocycles. The minimum Gasteiger partial charge on any atom is -0.491 e. The molecule has 0 radical (unpaired) electrons. The maximum atomic E-state index is 10.5. The van der Waals surface area contributed by atoms with Crippen LogP contribution in [0.1, 0.15) is 17.2 Å². The molecule has 0 bridgehead atoms. The zero-order valence-electron chi connectivity index (χ0n) is 11.6. The van der Waals surface area contributed by atoms with Gasteiger partial charge < -0.3 is 14.6 Å². The first-order chi connectivity index (χ1) is 10.1. The molecule has 2 rings (SSSR count). The first kappa shape index (κ1) is 16.1. The normalized spacial score (nSPS) is 12.2. The van der Waals surface area contributed by atoms with Gasteiger partial charge in [-0.25, -0.2) is 0 Å². The van der Waals surface area contributed by atoms with E-state index in [4.69, 9.17) is 32.7 Å². The van der Waals surface area contributed by atoms with Crippen LogP contribution in [0.4, 0.5) is 0 Å². The zero-order chi connectivity index (χ0) is 15.2. The summed E-state index contributed by atoms with van der Waals surface area (Å²) in [6.07, 6.45) is -0.861. The van der Waals surface area contributed by atoms with Crippen LogP contribution in [0.2, 0.25) is 10.0 Å². The van der Waals surface area contributed by atoms with Crippen molar-refractivity contribution in [1.82, 2.24) is 0 Å². The Morgan fingerprint density at radius 3 is 2.38 bits per heavy atom. The van der Waals surface area contributed by atoms with E-state index in [0.717, 1.165) is 0 Å². The highest BCUT2D eigenvalue weighted by molar-refractivity contribution is 6.34. The molecule has 1 N–H and O–H groups in total. The topological polar surface area (TPSA) is 38.7 Å². The van der Waals surface area contributed by atoms with Gasteiger partial charge in [0.15, 0.2) is 0 Å². The number of aliphatic hydroxyl groups excluding tert-OH is 1. The quantitative estimate of drug-likeness (QED) is 0.812. The third kappa shape index (κ3) is 4.35. The first-order valence-corrected chi connectivity index (χ1v) is 7.22. The molecule has 0 saturated heterocycles. The highest BCUT2D eigenvalue weighted by Gasteiger charge is 2.16. The largest absolute Gasteiger partial charge is 0.491 e. The highest BCUT2D eigenvalue weighted by Crippen LogP contribution is 2.32. The highest BCUT2D eigenvalue weighted by atomic mass is 35.5. The summed E-state index contributed by atoms with van der Waals surface area (Å²) < 4.78 is 10.6. The maximum Gasteiger partial charge on any atom is 0.125 e. The van der Waals surface area contributed by atoms with Crippen molar-refractivity contribution >= 4 is 23.2 Å². The second-order valence-corrected chi connectivity index (χ2v) is 5.36. The van der Waals surface area contributed by atoms with Gasteiger partial charge >= 0.3 is 0 Å². The first-order valence-electron chi connectivity index (χ1n) is 6.46. The lowest BCUT2D eigenvalue weighted by Crippen LogP contribution is -2.08. The second-order valence-electron chi connectivity index (χ2n) is 4.48. The van der Waals surface area contributed by atoms with Crippen LogP contribution in [0, 0.1) is 0 Å². The second kappa shape index (κ2) is 7.66. The van der Waals surface area contributed by atoms with Crippen LogP contribution in [0.3, 0.4) is 0 Å². The summed E-state index contributed by atoms with van der Waals surface area (Å²) in [4.78, 5) is 0. The van der Waals surface area contributed by atoms with Crippen LogP contribution >= 0.6 is 23.2 Å². The number of methoxy groups -OCH3 is 1. The van der Waals surface area contributed by atoms with Crippen LogP contribution < -0.4 is 4.74 Å². The van der Waals surface area contributed by atoms with E-state index >= 15 is 0 Å². The summed E-state index contributed by atoms with van der Waals surface area (Å²) in [5, 5.41) is 11.5. The molecule has 21 heavy (non-hydrogen) atoms. The van der Waals surface area contributed by atoms with E-state index < -0.39 is 6.10 Å². The summed E-state index contributed by atoms with van der Waals surface area (Å²) in [5.74, 6) is 0.609. The predicted molar refractivity (Wildman–Crippen MR) is 84.3 cm³/mol. The van der Waals surface area contributed by atoms with E-state index in [1.54, 1.807) is 31.4 Å². The lowest BCUT2D eigenvalue weighted by Gasteiger charge is -2.17. The molecule has 0 heterocycles. The number of para-hydroxylation sites is 1. The van der Waals surface area contributed by atoms with Crippen LogP contribution in [0.5, 0.6) is 5.75 Å². The van der Waals surface area contributed by atoms with Crippen molar-refractivity contribution in [3.05, 3.63) is 63.6 Å². The standard InChI is InChI=1S/C16H16Cl2O3/c1-20-6-7-21-15-5-3-2-4-14(15)16(19)11-8-12(17)10-13(18)9-11/h2-5,8-10,16,19H,6-7H2,1H3. The lowest BCUT2D eigenvalue weighted by molar-refractivity contribution is 0.142. The van der Waals surface area contributed by atoms with Crippen molar-refractivity contribution in [3.63, 3.8) is 0 Å². The SMILES string of the molecule is COCCOc1ccccc1C(O)c1cc(Cl)cc(Cl)c1. The molecule has 1 unspecified atom stereocenters. The van der Waals surface area contributed by atoms with E-state index in [9.17, 15) is 5.11 Å². The summed E-state index contributed by atoms with van der Waals surface area (Å²) in [6.45, 7) is 0.893. The molecule has 0 fully saturated rings. The fourth-order valence-electron chi connectivity index (χ4n) is 1.99. The van der Waals surface area contributed by atoms with Crippen molar-refractivity contribution < 1.29 is 14.6 Å². The lowest BCUT2D eigenvalue weighted by atomic mass is 10.0. The number of ether oxygens (including phenoxy) is 2. The van der Waals surface area contributed by atoms with E-state index in [1.165, 1.54) is 0 Å². The summed E-state index contributed by atoms with van der Waals surface area (Å²) in [6, 6.07) is 12.3. The third-order valence-corrected chi connectivity index (χ3v) is 3.40. The fraction of sp³-hybridized carbons (Fsp3) is 0.250. The number of hydrogen-bond acceptors (Lipinski definition) is 3. The van der Waals surface area contributed by atoms with E-state index in [-0.39, 0.29) is 0 Å². The molecule has 2 aromatic rings. The molecular formula is C16H16Cl2O3. The average Bonchev–Trinajstić information content (AvgIpc) is 2.46. The molecule has 0 aliphatic rings. The van der Waals surface area contributed by atoms with Gasteiger partial charge in [-0.3, -0.25) is 0 Å². The predicted octanol–water partition coefficient (Wildman–Crippen LogP) is 4.10. The Balaban J connectivity index is 2.27. The molecule has 0 spiro atoms. The average molecular weight is 327 g/mol. The van der Waals surface area contributed by atoms with Crippen LogP contribution in [0.25, 0.3) is 0 Å². The molecule has 112 valence electrons. The summed E-state index contributed by atoms with van der Waals surface area (Å²) >= 11 is 12.0. The van der Waals surface area contributed by atoms with Gasteiger partial charge in [0.05, 0.1) is 6.61 Å². The van der Waals surface area contributed by atoms with Crippen molar-refractivity contribution in [1.29, 1.82) is 0 Å². The van der Waals surface area contributed by atoms with Crippen LogP contribution in [0.15, 0.2) is 42.5 Å². The van der Waals surface area contributed by atoms with Gasteiger partial charge in [-0.15, -0.1) is 0 Å². The summed E-state index contributed by atoms with van der Waals surface area (Å²) in [7, 11) is 1.61. The maximum absolute atomic E-state index is 10.5. The molecular weight excluding hydrogens is 311 g/mol. The van der Waals surface area contributed by atoms with Gasteiger partial charge in [-0.2, -0.15) is 0 Å². The molecule has 0 amide bonds. The minimum absolute atomic E-state index is 0.413. The molecule has 0 aliphatic heterocycles. The smallest absolute Gasteiger partial charge is 0.125 e. The Kier molecular flexibility index (Phi) is 5.88. The van der Waals surface area contributed by atoms with Gasteiger partial charge in [0.2, 0.25) is 0 Å². The number of rotatable bonds is 6. The van der Waals surface area contributed by atoms with Gasteiger partial charge in [-0.1, -0.05) is 41.4 Å². The Bertz CT molecular complexity index is 582. The van der Waals surface area contributed by atoms with Crippen molar-refractivity contribution in [2.24, 2.45) is 0 Å². The molecule has 3 nitrogen and oxygen atoms in total. The number of halogens is 2. The molecule has 0 saturated carbocycles. The van der Waals surface area contributed by atoms with Gasteiger partial charge in [-0.05, 0) is 29.8 Å². The minimum atomic E-state index is -0.861. The van der Waals surface area contributed by atoms with E-state index in [1.807, 2.05) is 18.2 Å². The monoisotopic (exact) mass is 326 g/mol. The molecule has 5 heteroatoms. The molecule has 2 aromatic carbocycles. The third-order valence-electron chi connectivity index (χ3n) is 2.96. The molecule has 1 atom stereocenters. The number of benzene rings is 2. The van der Waals surface area contributed by atoms with Gasteiger partial charge in [0.1, 0.15) is 18.5 Å². The Morgan fingerprint density at radius 2 is 1.71 bits per heavy atom. The van der Waals surface area contributed by atoms with Crippen molar-refractivity contribution in [2.75, 3.05) is 20.3 Å².